The second-order valence-corrected chi connectivity index (χ2v) is 10.5. The minimum atomic E-state index is -0.519. The van der Waals surface area contributed by atoms with E-state index < -0.39 is 5.54 Å². The van der Waals surface area contributed by atoms with Gasteiger partial charge in [-0.05, 0) is 68.5 Å². The molecule has 1 aliphatic heterocycles. The Bertz CT molecular complexity index is 1170. The van der Waals surface area contributed by atoms with Gasteiger partial charge in [0.1, 0.15) is 13.2 Å². The molecule has 0 N–H and O–H groups in total. The van der Waals surface area contributed by atoms with Gasteiger partial charge in [0.15, 0.2) is 11.5 Å². The zero-order valence-corrected chi connectivity index (χ0v) is 21.5. The third-order valence-electron chi connectivity index (χ3n) is 6.25. The van der Waals surface area contributed by atoms with Crippen molar-refractivity contribution in [3.63, 3.8) is 0 Å². The number of rotatable bonds is 7. The van der Waals surface area contributed by atoms with Crippen LogP contribution in [-0.4, -0.2) is 54.0 Å². The average molecular weight is 493 g/mol. The number of para-hydroxylation sites is 2. The summed E-state index contributed by atoms with van der Waals surface area (Å²) in [7, 11) is 1.61. The number of benzene rings is 2. The highest BCUT2D eigenvalue weighted by Crippen LogP contribution is 2.35. The number of carbonyl (C=O) groups excluding carboxylic acids is 2. The molecule has 0 fully saturated rings. The van der Waals surface area contributed by atoms with E-state index in [1.165, 1.54) is 4.88 Å². The summed E-state index contributed by atoms with van der Waals surface area (Å²) in [4.78, 5) is 31.9. The molecule has 7 heteroatoms. The van der Waals surface area contributed by atoms with Gasteiger partial charge in [-0.1, -0.05) is 30.3 Å². The summed E-state index contributed by atoms with van der Waals surface area (Å²) >= 11 is 1.71. The lowest BCUT2D eigenvalue weighted by Gasteiger charge is -2.40. The SMILES string of the molecule is COc1ccccc1OCC1c2ccsc2CCN1C(=O)CN(C(=O)c1ccccc1)C(C)(C)C. The number of ether oxygens (including phenoxy) is 2. The first-order valence-electron chi connectivity index (χ1n) is 11.8. The van der Waals surface area contributed by atoms with Gasteiger partial charge in [0, 0.05) is 22.5 Å². The van der Waals surface area contributed by atoms with E-state index in [1.54, 1.807) is 35.5 Å². The Labute approximate surface area is 211 Å². The Balaban J connectivity index is 1.57. The Hall–Kier alpha value is -3.32. The molecule has 0 aliphatic carbocycles. The normalized spacial score (nSPS) is 15.3. The molecule has 3 aromatic rings. The molecular weight excluding hydrogens is 460 g/mol. The van der Waals surface area contributed by atoms with Crippen molar-refractivity contribution in [3.05, 3.63) is 82.0 Å². The van der Waals surface area contributed by atoms with Gasteiger partial charge in [-0.2, -0.15) is 0 Å². The van der Waals surface area contributed by atoms with Crippen molar-refractivity contribution in [2.45, 2.75) is 38.8 Å². The third kappa shape index (κ3) is 5.51. The Kier molecular flexibility index (Phi) is 7.45. The monoisotopic (exact) mass is 492 g/mol. The van der Waals surface area contributed by atoms with Crippen LogP contribution in [0.5, 0.6) is 11.5 Å². The summed E-state index contributed by atoms with van der Waals surface area (Å²) in [6.45, 7) is 6.76. The van der Waals surface area contributed by atoms with E-state index in [0.29, 0.717) is 30.2 Å². The van der Waals surface area contributed by atoms with Gasteiger partial charge < -0.3 is 19.3 Å². The summed E-state index contributed by atoms with van der Waals surface area (Å²) in [5, 5.41) is 2.06. The van der Waals surface area contributed by atoms with Crippen LogP contribution in [0.15, 0.2) is 66.0 Å². The molecular formula is C28H32N2O4S. The fourth-order valence-electron chi connectivity index (χ4n) is 4.36. The molecule has 35 heavy (non-hydrogen) atoms. The molecule has 0 saturated carbocycles. The van der Waals surface area contributed by atoms with E-state index >= 15 is 0 Å². The molecule has 184 valence electrons. The molecule has 2 heterocycles. The number of amides is 2. The molecule has 0 radical (unpaired) electrons. The van der Waals surface area contributed by atoms with Crippen molar-refractivity contribution in [1.82, 2.24) is 9.80 Å². The number of carbonyl (C=O) groups is 2. The van der Waals surface area contributed by atoms with E-state index in [4.69, 9.17) is 9.47 Å². The Morgan fingerprint density at radius 2 is 1.71 bits per heavy atom. The first kappa shape index (κ1) is 24.8. The second-order valence-electron chi connectivity index (χ2n) is 9.54. The van der Waals surface area contributed by atoms with Crippen LogP contribution < -0.4 is 9.47 Å². The Morgan fingerprint density at radius 3 is 2.40 bits per heavy atom. The third-order valence-corrected chi connectivity index (χ3v) is 7.25. The standard InChI is InChI=1S/C28H32N2O4S/c1-28(2,3)30(27(32)20-10-6-5-7-11-20)18-26(31)29-16-14-25-21(15-17-35-25)22(29)19-34-24-13-9-8-12-23(24)33-4/h5-13,15,17,22H,14,16,18-19H2,1-4H3. The smallest absolute Gasteiger partial charge is 0.254 e. The lowest BCUT2D eigenvalue weighted by Crippen LogP contribution is -2.53. The van der Waals surface area contributed by atoms with E-state index in [2.05, 4.69) is 11.4 Å². The molecule has 1 atom stereocenters. The zero-order valence-electron chi connectivity index (χ0n) is 20.7. The van der Waals surface area contributed by atoms with Crippen molar-refractivity contribution in [1.29, 1.82) is 0 Å². The van der Waals surface area contributed by atoms with Crippen molar-refractivity contribution < 1.29 is 19.1 Å². The summed E-state index contributed by atoms with van der Waals surface area (Å²) in [6, 6.07) is 18.5. The minimum Gasteiger partial charge on any atom is -0.493 e. The van der Waals surface area contributed by atoms with Crippen molar-refractivity contribution in [3.8, 4) is 11.5 Å². The number of fused-ring (bicyclic) bond motifs is 1. The Morgan fingerprint density at radius 1 is 1.03 bits per heavy atom. The molecule has 1 aliphatic rings. The van der Waals surface area contributed by atoms with Gasteiger partial charge in [-0.15, -0.1) is 11.3 Å². The van der Waals surface area contributed by atoms with Crippen LogP contribution in [0.2, 0.25) is 0 Å². The fourth-order valence-corrected chi connectivity index (χ4v) is 5.29. The molecule has 4 rings (SSSR count). The topological polar surface area (TPSA) is 59.1 Å². The first-order valence-corrected chi connectivity index (χ1v) is 12.7. The maximum Gasteiger partial charge on any atom is 0.254 e. The average Bonchev–Trinajstić information content (AvgIpc) is 3.34. The fraction of sp³-hybridized carbons (Fsp3) is 0.357. The first-order chi connectivity index (χ1) is 16.8. The van der Waals surface area contributed by atoms with E-state index in [0.717, 1.165) is 12.0 Å². The molecule has 1 aromatic heterocycles. The van der Waals surface area contributed by atoms with Crippen LogP contribution in [0.4, 0.5) is 0 Å². The van der Waals surface area contributed by atoms with E-state index in [9.17, 15) is 9.59 Å². The number of methoxy groups -OCH3 is 1. The van der Waals surface area contributed by atoms with Gasteiger partial charge in [0.2, 0.25) is 5.91 Å². The predicted molar refractivity (Wildman–Crippen MR) is 138 cm³/mol. The van der Waals surface area contributed by atoms with Gasteiger partial charge >= 0.3 is 0 Å². The highest BCUT2D eigenvalue weighted by atomic mass is 32.1. The zero-order chi connectivity index (χ0) is 25.0. The van der Waals surface area contributed by atoms with Crippen LogP contribution in [0.25, 0.3) is 0 Å². The van der Waals surface area contributed by atoms with Crippen LogP contribution in [0.3, 0.4) is 0 Å². The van der Waals surface area contributed by atoms with Crippen LogP contribution in [0.1, 0.15) is 47.6 Å². The van der Waals surface area contributed by atoms with Crippen LogP contribution >= 0.6 is 11.3 Å². The minimum absolute atomic E-state index is 0.00184. The molecule has 1 unspecified atom stereocenters. The second kappa shape index (κ2) is 10.5. The maximum absolute atomic E-state index is 13.7. The lowest BCUT2D eigenvalue weighted by molar-refractivity contribution is -0.136. The van der Waals surface area contributed by atoms with Gasteiger partial charge in [0.05, 0.1) is 13.2 Å². The van der Waals surface area contributed by atoms with E-state index in [-0.39, 0.29) is 24.4 Å². The summed E-state index contributed by atoms with van der Waals surface area (Å²) in [5.74, 6) is 1.05. The molecule has 0 spiro atoms. The number of hydrogen-bond acceptors (Lipinski definition) is 5. The maximum atomic E-state index is 13.7. The lowest BCUT2D eigenvalue weighted by atomic mass is 9.99. The van der Waals surface area contributed by atoms with E-state index in [1.807, 2.05) is 68.1 Å². The van der Waals surface area contributed by atoms with Crippen LogP contribution in [0, 0.1) is 0 Å². The van der Waals surface area contributed by atoms with Crippen molar-refractivity contribution in [2.24, 2.45) is 0 Å². The number of thiophene rings is 1. The van der Waals surface area contributed by atoms with Crippen molar-refractivity contribution >= 4 is 23.2 Å². The highest BCUT2D eigenvalue weighted by Gasteiger charge is 2.36. The van der Waals surface area contributed by atoms with Crippen LogP contribution in [-0.2, 0) is 11.2 Å². The van der Waals surface area contributed by atoms with Gasteiger partial charge in [-0.3, -0.25) is 9.59 Å². The van der Waals surface area contributed by atoms with Gasteiger partial charge in [-0.25, -0.2) is 0 Å². The summed E-state index contributed by atoms with van der Waals surface area (Å²) in [5.41, 5.74) is 1.17. The predicted octanol–water partition coefficient (Wildman–Crippen LogP) is 5.20. The quantitative estimate of drug-likeness (QED) is 0.455. The summed E-state index contributed by atoms with van der Waals surface area (Å²) in [6.07, 6.45) is 0.798. The van der Waals surface area contributed by atoms with Gasteiger partial charge in [0.25, 0.3) is 5.91 Å². The highest BCUT2D eigenvalue weighted by molar-refractivity contribution is 7.10. The summed E-state index contributed by atoms with van der Waals surface area (Å²) < 4.78 is 11.6. The number of hydrogen-bond donors (Lipinski definition) is 0. The number of nitrogens with zero attached hydrogens (tertiary/aromatic N) is 2. The molecule has 2 amide bonds. The molecule has 6 nitrogen and oxygen atoms in total. The molecule has 2 aromatic carbocycles. The molecule has 0 saturated heterocycles. The molecule has 0 bridgehead atoms. The van der Waals surface area contributed by atoms with Crippen molar-refractivity contribution in [2.75, 3.05) is 26.8 Å². The largest absolute Gasteiger partial charge is 0.493 e.